The second-order valence-corrected chi connectivity index (χ2v) is 5.93. The number of aldehydes is 1. The minimum absolute atomic E-state index is 0.165. The molecule has 0 radical (unpaired) electrons. The van der Waals surface area contributed by atoms with Crippen molar-refractivity contribution in [2.45, 2.75) is 38.2 Å². The summed E-state index contributed by atoms with van der Waals surface area (Å²) in [6.45, 7) is 1.87. The molecule has 0 aliphatic rings. The van der Waals surface area contributed by atoms with Crippen LogP contribution >= 0.6 is 0 Å². The second-order valence-electron chi connectivity index (χ2n) is 4.63. The van der Waals surface area contributed by atoms with E-state index in [2.05, 4.69) is 4.72 Å². The van der Waals surface area contributed by atoms with E-state index in [4.69, 9.17) is 0 Å². The summed E-state index contributed by atoms with van der Waals surface area (Å²) in [5, 5.41) is 0. The summed E-state index contributed by atoms with van der Waals surface area (Å²) in [7, 11) is 0. The molecule has 118 valence electrons. The van der Waals surface area contributed by atoms with Crippen molar-refractivity contribution < 1.29 is 22.5 Å². The Labute approximate surface area is 125 Å². The molecule has 0 bridgehead atoms. The molecule has 7 heteroatoms. The van der Waals surface area contributed by atoms with Gasteiger partial charge in [0.1, 0.15) is 17.9 Å². The van der Waals surface area contributed by atoms with Crippen LogP contribution in [0.2, 0.25) is 0 Å². The maximum absolute atomic E-state index is 13.9. The van der Waals surface area contributed by atoms with Crippen molar-refractivity contribution in [3.05, 3.63) is 35.6 Å². The standard InChI is InChI=1S/C14H18F3NO2S/c1-2-3-10-21(20)18-14(8-9-19,13(16)17)11-6-4-5-7-12(11)15/h4-7,9,13,18H,2-3,8,10H2,1H3/t14-,21?/m0/s1. The third kappa shape index (κ3) is 4.46. The molecule has 1 aromatic rings. The smallest absolute Gasteiger partial charge is 0.265 e. The second kappa shape index (κ2) is 8.41. The topological polar surface area (TPSA) is 52.2 Å². The Hall–Kier alpha value is -1.05. The summed E-state index contributed by atoms with van der Waals surface area (Å²) in [4.78, 5) is 10.8. The van der Waals surface area contributed by atoms with Crippen LogP contribution in [0.1, 0.15) is 31.7 Å². The number of rotatable bonds is 9. The van der Waals surface area contributed by atoms with Gasteiger partial charge in [-0.3, -0.25) is 0 Å². The van der Waals surface area contributed by atoms with E-state index in [-0.39, 0.29) is 17.6 Å². The number of carbonyl (C=O) groups is 1. The molecule has 0 aromatic heterocycles. The highest BCUT2D eigenvalue weighted by Crippen LogP contribution is 2.34. The van der Waals surface area contributed by atoms with Crippen molar-refractivity contribution in [2.75, 3.05) is 5.75 Å². The van der Waals surface area contributed by atoms with Crippen LogP contribution in [-0.2, 0) is 21.7 Å². The monoisotopic (exact) mass is 321 g/mol. The van der Waals surface area contributed by atoms with E-state index in [0.29, 0.717) is 6.42 Å². The fourth-order valence-electron chi connectivity index (χ4n) is 1.94. The van der Waals surface area contributed by atoms with E-state index in [0.717, 1.165) is 12.5 Å². The predicted molar refractivity (Wildman–Crippen MR) is 75.8 cm³/mol. The van der Waals surface area contributed by atoms with Crippen LogP contribution in [0, 0.1) is 5.82 Å². The summed E-state index contributed by atoms with van der Waals surface area (Å²) in [6, 6.07) is 4.98. The van der Waals surface area contributed by atoms with Crippen molar-refractivity contribution >= 4 is 17.6 Å². The summed E-state index contributed by atoms with van der Waals surface area (Å²) < 4.78 is 55.2. The third-order valence-corrected chi connectivity index (χ3v) is 4.36. The van der Waals surface area contributed by atoms with Gasteiger partial charge in [-0.25, -0.2) is 13.2 Å². The number of hydrogen-bond acceptors (Lipinski definition) is 3. The van der Waals surface area contributed by atoms with Crippen LogP contribution in [0.15, 0.2) is 24.3 Å². The highest BCUT2D eigenvalue weighted by Gasteiger charge is 2.47. The molecule has 1 N–H and O–H groups in total. The van der Waals surface area contributed by atoms with Gasteiger partial charge in [0, 0.05) is 23.3 Å². The molecular weight excluding hydrogens is 303 g/mol. The lowest BCUT2D eigenvalue weighted by Crippen LogP contribution is -2.52. The minimum Gasteiger partial charge on any atom is -0.598 e. The highest BCUT2D eigenvalue weighted by atomic mass is 32.2. The Morgan fingerprint density at radius 2 is 2.10 bits per heavy atom. The number of hydrogen-bond donors (Lipinski definition) is 1. The van der Waals surface area contributed by atoms with E-state index in [1.807, 2.05) is 6.92 Å². The van der Waals surface area contributed by atoms with Crippen LogP contribution in [0.25, 0.3) is 0 Å². The zero-order valence-electron chi connectivity index (χ0n) is 11.7. The van der Waals surface area contributed by atoms with Crippen molar-refractivity contribution in [1.82, 2.24) is 4.72 Å². The number of halogens is 3. The van der Waals surface area contributed by atoms with E-state index >= 15 is 0 Å². The third-order valence-electron chi connectivity index (χ3n) is 3.11. The largest absolute Gasteiger partial charge is 0.598 e. The molecule has 0 spiro atoms. The summed E-state index contributed by atoms with van der Waals surface area (Å²) in [6.07, 6.45) is -2.13. The predicted octanol–water partition coefficient (Wildman–Crippen LogP) is 2.93. The lowest BCUT2D eigenvalue weighted by Gasteiger charge is -2.32. The van der Waals surface area contributed by atoms with E-state index in [9.17, 15) is 22.5 Å². The van der Waals surface area contributed by atoms with Gasteiger partial charge in [0.25, 0.3) is 6.43 Å². The van der Waals surface area contributed by atoms with E-state index < -0.39 is 35.6 Å². The van der Waals surface area contributed by atoms with Crippen LogP contribution in [0.3, 0.4) is 0 Å². The number of benzene rings is 1. The van der Waals surface area contributed by atoms with Crippen molar-refractivity contribution in [3.8, 4) is 0 Å². The van der Waals surface area contributed by atoms with E-state index in [1.54, 1.807) is 0 Å². The Balaban J connectivity index is 3.16. The molecule has 0 heterocycles. The molecule has 21 heavy (non-hydrogen) atoms. The Morgan fingerprint density at radius 3 is 2.62 bits per heavy atom. The first-order chi connectivity index (χ1) is 9.97. The Kier molecular flexibility index (Phi) is 7.21. The Bertz CT molecular complexity index is 462. The highest BCUT2D eigenvalue weighted by molar-refractivity contribution is 7.89. The number of unbranched alkanes of at least 4 members (excludes halogenated alkanes) is 1. The molecule has 1 aromatic carbocycles. The number of alkyl halides is 2. The SMILES string of the molecule is CCCC[S+]([O-])N[C@@](CC=O)(c1ccccc1F)C(F)F. The average Bonchev–Trinajstić information content (AvgIpc) is 2.45. The molecule has 0 saturated carbocycles. The first-order valence-electron chi connectivity index (χ1n) is 6.61. The van der Waals surface area contributed by atoms with Crippen LogP contribution in [0.4, 0.5) is 13.2 Å². The quantitative estimate of drug-likeness (QED) is 0.562. The van der Waals surface area contributed by atoms with Crippen LogP contribution < -0.4 is 4.72 Å². The van der Waals surface area contributed by atoms with Crippen molar-refractivity contribution in [1.29, 1.82) is 0 Å². The van der Waals surface area contributed by atoms with Gasteiger partial charge >= 0.3 is 0 Å². The molecule has 1 unspecified atom stereocenters. The average molecular weight is 321 g/mol. The lowest BCUT2D eigenvalue weighted by molar-refractivity contribution is -0.111. The van der Waals surface area contributed by atoms with Gasteiger partial charge in [-0.05, 0) is 12.5 Å². The van der Waals surface area contributed by atoms with Gasteiger partial charge in [0.15, 0.2) is 5.54 Å². The maximum atomic E-state index is 13.9. The lowest BCUT2D eigenvalue weighted by atomic mass is 9.88. The number of nitrogens with one attached hydrogen (secondary N) is 1. The summed E-state index contributed by atoms with van der Waals surface area (Å²) in [5.74, 6) is -0.696. The van der Waals surface area contributed by atoms with Gasteiger partial charge < -0.3 is 9.35 Å². The van der Waals surface area contributed by atoms with Crippen molar-refractivity contribution in [3.63, 3.8) is 0 Å². The maximum Gasteiger partial charge on any atom is 0.265 e. The summed E-state index contributed by atoms with van der Waals surface area (Å²) in [5.41, 5.74) is -2.62. The molecular formula is C14H18F3NO2S. The molecule has 0 amide bonds. The van der Waals surface area contributed by atoms with Crippen LogP contribution in [-0.4, -0.2) is 23.0 Å². The molecule has 0 aliphatic carbocycles. The molecule has 0 fully saturated rings. The Morgan fingerprint density at radius 1 is 1.43 bits per heavy atom. The zero-order valence-corrected chi connectivity index (χ0v) is 12.5. The molecule has 3 nitrogen and oxygen atoms in total. The normalized spacial score (nSPS) is 15.7. The zero-order chi connectivity index (χ0) is 15.9. The van der Waals surface area contributed by atoms with Gasteiger partial charge in [-0.15, -0.1) is 4.72 Å². The first-order valence-corrected chi connectivity index (χ1v) is 7.92. The van der Waals surface area contributed by atoms with Crippen molar-refractivity contribution in [2.24, 2.45) is 0 Å². The fourth-order valence-corrected chi connectivity index (χ4v) is 3.28. The summed E-state index contributed by atoms with van der Waals surface area (Å²) >= 11 is -1.78. The van der Waals surface area contributed by atoms with Crippen LogP contribution in [0.5, 0.6) is 0 Å². The molecule has 0 saturated heterocycles. The molecule has 2 atom stereocenters. The fraction of sp³-hybridized carbons (Fsp3) is 0.500. The molecule has 0 aliphatic heterocycles. The van der Waals surface area contributed by atoms with E-state index in [1.165, 1.54) is 18.2 Å². The van der Waals surface area contributed by atoms with Gasteiger partial charge in [0.05, 0.1) is 0 Å². The first kappa shape index (κ1) is 18.0. The van der Waals surface area contributed by atoms with Gasteiger partial charge in [-0.1, -0.05) is 31.5 Å². The van der Waals surface area contributed by atoms with Gasteiger partial charge in [-0.2, -0.15) is 0 Å². The number of carbonyl (C=O) groups excluding carboxylic acids is 1. The molecule has 1 rings (SSSR count). The minimum atomic E-state index is -3.08. The van der Waals surface area contributed by atoms with Gasteiger partial charge in [0.2, 0.25) is 0 Å².